The first-order chi connectivity index (χ1) is 11.6. The number of benzene rings is 2. The first kappa shape index (κ1) is 16.6. The summed E-state index contributed by atoms with van der Waals surface area (Å²) in [5.74, 6) is -0.308. The van der Waals surface area contributed by atoms with Crippen LogP contribution in [0.15, 0.2) is 48.5 Å². The third-order valence-electron chi connectivity index (χ3n) is 4.14. The van der Waals surface area contributed by atoms with Crippen molar-refractivity contribution in [2.45, 2.75) is 19.5 Å². The van der Waals surface area contributed by atoms with E-state index in [1.165, 1.54) is 11.8 Å². The number of fused-ring (bicyclic) bond motifs is 1. The van der Waals surface area contributed by atoms with Gasteiger partial charge in [0.2, 0.25) is 0 Å². The average Bonchev–Trinajstić information content (AvgIpc) is 3.05. The van der Waals surface area contributed by atoms with E-state index in [1.807, 2.05) is 30.3 Å². The molecule has 0 N–H and O–H groups in total. The van der Waals surface area contributed by atoms with Crippen LogP contribution in [-0.4, -0.2) is 30.0 Å². The van der Waals surface area contributed by atoms with Crippen molar-refractivity contribution in [1.82, 2.24) is 9.88 Å². The largest absolute Gasteiger partial charge is 0.465 e. The van der Waals surface area contributed by atoms with Gasteiger partial charge in [0.15, 0.2) is 0 Å². The van der Waals surface area contributed by atoms with Gasteiger partial charge in [-0.2, -0.15) is 0 Å². The van der Waals surface area contributed by atoms with Crippen LogP contribution in [0.1, 0.15) is 33.9 Å². The minimum absolute atomic E-state index is 0.225. The Bertz CT molecular complexity index is 809. The van der Waals surface area contributed by atoms with E-state index in [9.17, 15) is 4.79 Å². The Morgan fingerprint density at radius 3 is 2.58 bits per heavy atom. The number of thiazole rings is 1. The summed E-state index contributed by atoms with van der Waals surface area (Å²) in [4.78, 5) is 18.5. The Hall–Kier alpha value is -2.24. The topological polar surface area (TPSA) is 42.4 Å². The molecular formula is C19H20N2O2S. The first-order valence-corrected chi connectivity index (χ1v) is 8.63. The van der Waals surface area contributed by atoms with Gasteiger partial charge in [-0.15, -0.1) is 11.3 Å². The summed E-state index contributed by atoms with van der Waals surface area (Å²) < 4.78 is 5.94. The Balaban J connectivity index is 1.71. The molecule has 0 aliphatic heterocycles. The zero-order valence-corrected chi connectivity index (χ0v) is 14.8. The molecule has 3 aromatic rings. The fraction of sp³-hybridized carbons (Fsp3) is 0.263. The minimum Gasteiger partial charge on any atom is -0.465 e. The number of para-hydroxylation sites is 1. The van der Waals surface area contributed by atoms with E-state index in [0.29, 0.717) is 5.56 Å². The van der Waals surface area contributed by atoms with Crippen molar-refractivity contribution in [2.24, 2.45) is 0 Å². The fourth-order valence-electron chi connectivity index (χ4n) is 2.55. The molecule has 1 atom stereocenters. The second-order valence-electron chi connectivity index (χ2n) is 5.80. The summed E-state index contributed by atoms with van der Waals surface area (Å²) in [6.07, 6.45) is 0. The molecule has 0 saturated heterocycles. The van der Waals surface area contributed by atoms with Gasteiger partial charge in [-0.3, -0.25) is 4.90 Å². The number of aromatic nitrogens is 1. The van der Waals surface area contributed by atoms with E-state index in [1.54, 1.807) is 23.5 Å². The highest BCUT2D eigenvalue weighted by atomic mass is 32.1. The van der Waals surface area contributed by atoms with Gasteiger partial charge in [0.05, 0.1) is 28.9 Å². The molecule has 0 fully saturated rings. The van der Waals surface area contributed by atoms with Crippen molar-refractivity contribution in [3.05, 3.63) is 64.7 Å². The lowest BCUT2D eigenvalue weighted by atomic mass is 10.1. The highest BCUT2D eigenvalue weighted by Gasteiger charge is 2.16. The van der Waals surface area contributed by atoms with Gasteiger partial charge in [-0.1, -0.05) is 24.3 Å². The molecule has 1 aromatic heterocycles. The molecule has 3 rings (SSSR count). The molecule has 0 unspecified atom stereocenters. The summed E-state index contributed by atoms with van der Waals surface area (Å²) in [6, 6.07) is 16.0. The van der Waals surface area contributed by atoms with Gasteiger partial charge in [-0.05, 0) is 43.8 Å². The standard InChI is InChI=1S/C19H20N2O2S/c1-13(18-20-16-6-4-5-7-17(16)24-18)21(2)12-14-8-10-15(11-9-14)19(22)23-3/h4-11,13H,12H2,1-3H3/t13-/m0/s1. The predicted octanol–water partition coefficient (Wildman–Crippen LogP) is 4.28. The third kappa shape index (κ3) is 3.47. The zero-order chi connectivity index (χ0) is 17.1. The molecule has 2 aromatic carbocycles. The van der Waals surface area contributed by atoms with E-state index in [0.717, 1.165) is 22.6 Å². The summed E-state index contributed by atoms with van der Waals surface area (Å²) >= 11 is 1.74. The lowest BCUT2D eigenvalue weighted by Crippen LogP contribution is -2.21. The van der Waals surface area contributed by atoms with Gasteiger partial charge < -0.3 is 4.74 Å². The van der Waals surface area contributed by atoms with Gasteiger partial charge in [0, 0.05) is 6.54 Å². The van der Waals surface area contributed by atoms with E-state index in [4.69, 9.17) is 9.72 Å². The van der Waals surface area contributed by atoms with Crippen LogP contribution in [0.4, 0.5) is 0 Å². The minimum atomic E-state index is -0.308. The molecule has 5 heteroatoms. The molecule has 24 heavy (non-hydrogen) atoms. The SMILES string of the molecule is COC(=O)c1ccc(CN(C)[C@@H](C)c2nc3ccccc3s2)cc1. The van der Waals surface area contributed by atoms with Crippen molar-refractivity contribution in [3.63, 3.8) is 0 Å². The van der Waals surface area contributed by atoms with Gasteiger partial charge in [-0.25, -0.2) is 9.78 Å². The van der Waals surface area contributed by atoms with Crippen LogP contribution in [0, 0.1) is 0 Å². The summed E-state index contributed by atoms with van der Waals surface area (Å²) in [7, 11) is 3.48. The van der Waals surface area contributed by atoms with Crippen molar-refractivity contribution in [1.29, 1.82) is 0 Å². The second-order valence-corrected chi connectivity index (χ2v) is 6.86. The molecule has 124 valence electrons. The summed E-state index contributed by atoms with van der Waals surface area (Å²) in [5.41, 5.74) is 2.78. The molecule has 0 bridgehead atoms. The number of esters is 1. The highest BCUT2D eigenvalue weighted by Crippen LogP contribution is 2.29. The highest BCUT2D eigenvalue weighted by molar-refractivity contribution is 7.18. The Labute approximate surface area is 145 Å². The summed E-state index contributed by atoms with van der Waals surface area (Å²) in [6.45, 7) is 2.96. The number of methoxy groups -OCH3 is 1. The predicted molar refractivity (Wildman–Crippen MR) is 97.3 cm³/mol. The molecule has 1 heterocycles. The molecular weight excluding hydrogens is 320 g/mol. The van der Waals surface area contributed by atoms with Crippen LogP contribution in [-0.2, 0) is 11.3 Å². The third-order valence-corrected chi connectivity index (χ3v) is 5.34. The zero-order valence-electron chi connectivity index (χ0n) is 14.0. The van der Waals surface area contributed by atoms with Crippen LogP contribution in [0.3, 0.4) is 0 Å². The maximum absolute atomic E-state index is 11.5. The van der Waals surface area contributed by atoms with Crippen molar-refractivity contribution in [2.75, 3.05) is 14.2 Å². The lowest BCUT2D eigenvalue weighted by molar-refractivity contribution is 0.0600. The second kappa shape index (κ2) is 7.11. The Morgan fingerprint density at radius 1 is 1.21 bits per heavy atom. The number of carbonyl (C=O) groups excluding carboxylic acids is 1. The number of rotatable bonds is 5. The van der Waals surface area contributed by atoms with E-state index in [-0.39, 0.29) is 12.0 Å². The average molecular weight is 340 g/mol. The first-order valence-electron chi connectivity index (χ1n) is 7.81. The van der Waals surface area contributed by atoms with Crippen LogP contribution < -0.4 is 0 Å². The van der Waals surface area contributed by atoms with Gasteiger partial charge in [0.25, 0.3) is 0 Å². The molecule has 4 nitrogen and oxygen atoms in total. The van der Waals surface area contributed by atoms with Crippen molar-refractivity contribution < 1.29 is 9.53 Å². The quantitative estimate of drug-likeness (QED) is 0.650. The maximum atomic E-state index is 11.5. The number of hydrogen-bond acceptors (Lipinski definition) is 5. The van der Waals surface area contributed by atoms with E-state index >= 15 is 0 Å². The van der Waals surface area contributed by atoms with Crippen molar-refractivity contribution in [3.8, 4) is 0 Å². The van der Waals surface area contributed by atoms with Gasteiger partial charge >= 0.3 is 5.97 Å². The lowest BCUT2D eigenvalue weighted by Gasteiger charge is -2.23. The van der Waals surface area contributed by atoms with Gasteiger partial charge in [0.1, 0.15) is 5.01 Å². The Morgan fingerprint density at radius 2 is 1.92 bits per heavy atom. The normalized spacial score (nSPS) is 12.5. The fourth-order valence-corrected chi connectivity index (χ4v) is 3.63. The molecule has 0 amide bonds. The maximum Gasteiger partial charge on any atom is 0.337 e. The monoisotopic (exact) mass is 340 g/mol. The molecule has 0 aliphatic carbocycles. The molecule has 0 aliphatic rings. The van der Waals surface area contributed by atoms with E-state index in [2.05, 4.69) is 24.9 Å². The molecule has 0 spiro atoms. The molecule has 0 saturated carbocycles. The number of nitrogens with zero attached hydrogens (tertiary/aromatic N) is 2. The number of hydrogen-bond donors (Lipinski definition) is 0. The van der Waals surface area contributed by atoms with E-state index < -0.39 is 0 Å². The summed E-state index contributed by atoms with van der Waals surface area (Å²) in [5, 5.41) is 1.12. The Kier molecular flexibility index (Phi) is 4.92. The molecule has 0 radical (unpaired) electrons. The number of ether oxygens (including phenoxy) is 1. The van der Waals surface area contributed by atoms with Crippen LogP contribution in [0.25, 0.3) is 10.2 Å². The van der Waals surface area contributed by atoms with Crippen LogP contribution in [0.5, 0.6) is 0 Å². The van der Waals surface area contributed by atoms with Crippen molar-refractivity contribution >= 4 is 27.5 Å². The van der Waals surface area contributed by atoms with Crippen LogP contribution >= 0.6 is 11.3 Å². The smallest absolute Gasteiger partial charge is 0.337 e. The van der Waals surface area contributed by atoms with Crippen LogP contribution in [0.2, 0.25) is 0 Å². The number of carbonyl (C=O) groups is 1.